The van der Waals surface area contributed by atoms with Crippen LogP contribution in [-0.4, -0.2) is 9.55 Å². The van der Waals surface area contributed by atoms with Gasteiger partial charge in [0.25, 0.3) is 5.56 Å². The van der Waals surface area contributed by atoms with E-state index in [2.05, 4.69) is 36.8 Å². The molecule has 0 N–H and O–H groups in total. The monoisotopic (exact) mass is 376 g/mol. The molecule has 2 rings (SSSR count). The van der Waals surface area contributed by atoms with E-state index in [0.29, 0.717) is 6.54 Å². The van der Waals surface area contributed by atoms with E-state index in [9.17, 15) is 4.79 Å². The lowest BCUT2D eigenvalue weighted by Gasteiger charge is -2.06. The molecule has 88 valence electrons. The first-order valence-electron chi connectivity index (χ1n) is 4.73. The van der Waals surface area contributed by atoms with Crippen LogP contribution in [0.3, 0.4) is 0 Å². The molecular formula is C11H7Br2ClN2O. The summed E-state index contributed by atoms with van der Waals surface area (Å²) in [6, 6.07) is 7.75. The average Bonchev–Trinajstić information content (AvgIpc) is 2.30. The number of hydrogen-bond donors (Lipinski definition) is 0. The minimum Gasteiger partial charge on any atom is -0.294 e. The first kappa shape index (κ1) is 12.8. The summed E-state index contributed by atoms with van der Waals surface area (Å²) in [5.41, 5.74) is 0.822. The molecule has 0 amide bonds. The number of rotatable bonds is 2. The van der Waals surface area contributed by atoms with E-state index >= 15 is 0 Å². The lowest BCUT2D eigenvalue weighted by molar-refractivity contribution is 0.731. The van der Waals surface area contributed by atoms with Crippen LogP contribution in [0.5, 0.6) is 0 Å². The fraction of sp³-hybridized carbons (Fsp3) is 0.0909. The summed E-state index contributed by atoms with van der Waals surface area (Å²) >= 11 is 12.2. The molecule has 0 bridgehead atoms. The number of hydrogen-bond acceptors (Lipinski definition) is 2. The van der Waals surface area contributed by atoms with Crippen molar-refractivity contribution < 1.29 is 0 Å². The average molecular weight is 378 g/mol. The topological polar surface area (TPSA) is 34.9 Å². The Hall–Kier alpha value is -0.650. The van der Waals surface area contributed by atoms with Crippen LogP contribution in [0.4, 0.5) is 0 Å². The standard InChI is InChI=1S/C11H7Br2ClN2O/c12-8-3-1-2-7(4-8)5-16-6-15-10(14)9(13)11(16)17/h1-4,6H,5H2. The second-order valence-electron chi connectivity index (χ2n) is 3.41. The van der Waals surface area contributed by atoms with Gasteiger partial charge in [0.1, 0.15) is 4.47 Å². The summed E-state index contributed by atoms with van der Waals surface area (Å²) in [4.78, 5) is 15.8. The number of halogens is 3. The van der Waals surface area contributed by atoms with Crippen molar-refractivity contribution in [3.8, 4) is 0 Å². The molecule has 17 heavy (non-hydrogen) atoms. The molecule has 2 aromatic rings. The molecule has 1 heterocycles. The molecule has 0 fully saturated rings. The van der Waals surface area contributed by atoms with Gasteiger partial charge in [-0.25, -0.2) is 4.98 Å². The van der Waals surface area contributed by atoms with Crippen LogP contribution in [0.2, 0.25) is 5.15 Å². The van der Waals surface area contributed by atoms with Crippen molar-refractivity contribution in [2.24, 2.45) is 0 Å². The summed E-state index contributed by atoms with van der Waals surface area (Å²) in [5.74, 6) is 0. The van der Waals surface area contributed by atoms with E-state index in [1.807, 2.05) is 24.3 Å². The molecule has 0 aliphatic carbocycles. The summed E-state index contributed by atoms with van der Waals surface area (Å²) in [6.07, 6.45) is 1.44. The second-order valence-corrected chi connectivity index (χ2v) is 5.48. The highest BCUT2D eigenvalue weighted by atomic mass is 79.9. The Morgan fingerprint density at radius 2 is 2.12 bits per heavy atom. The van der Waals surface area contributed by atoms with Crippen molar-refractivity contribution in [2.45, 2.75) is 6.54 Å². The van der Waals surface area contributed by atoms with Gasteiger partial charge in [-0.2, -0.15) is 0 Å². The van der Waals surface area contributed by atoms with Crippen LogP contribution in [-0.2, 0) is 6.54 Å². The van der Waals surface area contributed by atoms with Crippen molar-refractivity contribution in [1.29, 1.82) is 0 Å². The Morgan fingerprint density at radius 1 is 1.35 bits per heavy atom. The molecule has 0 unspecified atom stereocenters. The largest absolute Gasteiger partial charge is 0.294 e. The zero-order valence-corrected chi connectivity index (χ0v) is 12.5. The highest BCUT2D eigenvalue weighted by Gasteiger charge is 2.07. The van der Waals surface area contributed by atoms with Gasteiger partial charge < -0.3 is 0 Å². The maximum atomic E-state index is 11.9. The van der Waals surface area contributed by atoms with Crippen LogP contribution in [0.15, 0.2) is 44.3 Å². The van der Waals surface area contributed by atoms with Gasteiger partial charge in [0.05, 0.1) is 12.9 Å². The maximum absolute atomic E-state index is 11.9. The first-order valence-corrected chi connectivity index (χ1v) is 6.69. The summed E-state index contributed by atoms with van der Waals surface area (Å²) < 4.78 is 2.76. The molecule has 1 aromatic carbocycles. The van der Waals surface area contributed by atoms with E-state index in [0.717, 1.165) is 10.0 Å². The van der Waals surface area contributed by atoms with Gasteiger partial charge in [-0.1, -0.05) is 39.7 Å². The molecular weight excluding hydrogens is 371 g/mol. The fourth-order valence-electron chi connectivity index (χ4n) is 1.39. The SMILES string of the molecule is O=c1c(Br)c(Cl)ncn1Cc1cccc(Br)c1. The Bertz CT molecular complexity index is 613. The van der Waals surface area contributed by atoms with E-state index in [1.165, 1.54) is 10.9 Å². The van der Waals surface area contributed by atoms with E-state index in [1.54, 1.807) is 0 Å². The highest BCUT2D eigenvalue weighted by molar-refractivity contribution is 9.10. The normalized spacial score (nSPS) is 10.5. The second kappa shape index (κ2) is 5.33. The highest BCUT2D eigenvalue weighted by Crippen LogP contribution is 2.15. The number of aromatic nitrogens is 2. The van der Waals surface area contributed by atoms with Crippen LogP contribution in [0.1, 0.15) is 5.56 Å². The quantitative estimate of drug-likeness (QED) is 0.750. The minimum absolute atomic E-state index is 0.181. The number of nitrogens with zero attached hydrogens (tertiary/aromatic N) is 2. The third-order valence-corrected chi connectivity index (χ3v) is 3.91. The van der Waals surface area contributed by atoms with E-state index < -0.39 is 0 Å². The van der Waals surface area contributed by atoms with Crippen LogP contribution in [0.25, 0.3) is 0 Å². The van der Waals surface area contributed by atoms with Gasteiger partial charge in [0.2, 0.25) is 0 Å². The van der Waals surface area contributed by atoms with Crippen molar-refractivity contribution in [3.05, 3.63) is 60.6 Å². The third-order valence-electron chi connectivity index (χ3n) is 2.18. The predicted molar refractivity (Wildman–Crippen MR) is 74.5 cm³/mol. The fourth-order valence-corrected chi connectivity index (χ4v) is 2.29. The zero-order chi connectivity index (χ0) is 12.4. The Kier molecular flexibility index (Phi) is 4.01. The van der Waals surface area contributed by atoms with Crippen molar-refractivity contribution in [2.75, 3.05) is 0 Å². The zero-order valence-electron chi connectivity index (χ0n) is 8.53. The van der Waals surface area contributed by atoms with Crippen LogP contribution < -0.4 is 5.56 Å². The van der Waals surface area contributed by atoms with Gasteiger partial charge >= 0.3 is 0 Å². The van der Waals surface area contributed by atoms with Gasteiger partial charge in [0, 0.05) is 4.47 Å². The van der Waals surface area contributed by atoms with Crippen molar-refractivity contribution >= 4 is 43.5 Å². The first-order chi connectivity index (χ1) is 8.08. The Labute approximate surface area is 120 Å². The molecule has 0 saturated carbocycles. The Morgan fingerprint density at radius 3 is 2.82 bits per heavy atom. The van der Waals surface area contributed by atoms with Crippen LogP contribution in [0, 0.1) is 0 Å². The molecule has 0 atom stereocenters. The minimum atomic E-state index is -0.190. The van der Waals surface area contributed by atoms with Gasteiger partial charge in [-0.3, -0.25) is 9.36 Å². The molecule has 1 aromatic heterocycles. The summed E-state index contributed by atoms with van der Waals surface area (Å²) in [7, 11) is 0. The lowest BCUT2D eigenvalue weighted by Crippen LogP contribution is -2.21. The van der Waals surface area contributed by atoms with Crippen molar-refractivity contribution in [1.82, 2.24) is 9.55 Å². The smallest absolute Gasteiger partial charge is 0.269 e. The molecule has 0 aliphatic rings. The third kappa shape index (κ3) is 2.97. The lowest BCUT2D eigenvalue weighted by atomic mass is 10.2. The number of benzene rings is 1. The van der Waals surface area contributed by atoms with E-state index in [-0.39, 0.29) is 15.2 Å². The molecule has 0 aliphatic heterocycles. The van der Waals surface area contributed by atoms with Gasteiger partial charge in [0.15, 0.2) is 5.15 Å². The summed E-state index contributed by atoms with van der Waals surface area (Å²) in [5, 5.41) is 0.181. The molecule has 3 nitrogen and oxygen atoms in total. The van der Waals surface area contributed by atoms with E-state index in [4.69, 9.17) is 11.6 Å². The molecule has 0 radical (unpaired) electrons. The molecule has 0 spiro atoms. The maximum Gasteiger partial charge on any atom is 0.269 e. The van der Waals surface area contributed by atoms with Crippen molar-refractivity contribution in [3.63, 3.8) is 0 Å². The summed E-state index contributed by atoms with van der Waals surface area (Å²) in [6.45, 7) is 0.459. The van der Waals surface area contributed by atoms with Gasteiger partial charge in [-0.15, -0.1) is 0 Å². The predicted octanol–water partition coefficient (Wildman–Crippen LogP) is 3.47. The van der Waals surface area contributed by atoms with Crippen LogP contribution >= 0.6 is 43.5 Å². The molecule has 0 saturated heterocycles. The molecule has 6 heteroatoms. The Balaban J connectivity index is 2.37. The van der Waals surface area contributed by atoms with Gasteiger partial charge in [-0.05, 0) is 33.6 Å².